The van der Waals surface area contributed by atoms with Crippen molar-refractivity contribution in [2.75, 3.05) is 0 Å². The Kier molecular flexibility index (Phi) is 3.04. The lowest BCUT2D eigenvalue weighted by Crippen LogP contribution is -2.11. The van der Waals surface area contributed by atoms with Gasteiger partial charge in [0, 0.05) is 11.1 Å². The largest absolute Gasteiger partial charge is 0.506 e. The number of aromatic hydroxyl groups is 1. The van der Waals surface area contributed by atoms with E-state index in [4.69, 9.17) is 11.0 Å². The van der Waals surface area contributed by atoms with Crippen LogP contribution in [0.1, 0.15) is 21.7 Å². The number of phenolic OH excluding ortho intramolecular Hbond substituents is 1. The SMILES string of the molecule is Cc1nc2cc(-c3cc(C(N)=O)cc(C#N)c3O)ccc2[nH]1. The monoisotopic (exact) mass is 292 g/mol. The fourth-order valence-corrected chi connectivity index (χ4v) is 2.38. The molecule has 1 heterocycles. The minimum absolute atomic E-state index is 0.00426. The number of aromatic nitrogens is 2. The number of H-pyrrole nitrogens is 1. The number of primary amides is 1. The number of nitriles is 1. The zero-order chi connectivity index (χ0) is 15.9. The van der Waals surface area contributed by atoms with Gasteiger partial charge < -0.3 is 15.8 Å². The molecule has 4 N–H and O–H groups in total. The van der Waals surface area contributed by atoms with Gasteiger partial charge in [0.05, 0.1) is 16.6 Å². The second-order valence-corrected chi connectivity index (χ2v) is 4.95. The predicted octanol–water partition coefficient (Wildman–Crippen LogP) is 2.21. The third kappa shape index (κ3) is 2.15. The van der Waals surface area contributed by atoms with Crippen LogP contribution in [0, 0.1) is 18.3 Å². The number of benzene rings is 2. The summed E-state index contributed by atoms with van der Waals surface area (Å²) >= 11 is 0. The molecule has 0 saturated carbocycles. The number of nitrogens with one attached hydrogen (secondary N) is 1. The van der Waals surface area contributed by atoms with Crippen molar-refractivity contribution in [3.05, 3.63) is 47.3 Å². The molecule has 0 saturated heterocycles. The van der Waals surface area contributed by atoms with Crippen LogP contribution in [0.5, 0.6) is 5.75 Å². The number of carbonyl (C=O) groups excluding carboxylic acids is 1. The molecule has 0 radical (unpaired) electrons. The van der Waals surface area contributed by atoms with Gasteiger partial charge in [0.2, 0.25) is 5.91 Å². The number of fused-ring (bicyclic) bond motifs is 1. The first-order valence-corrected chi connectivity index (χ1v) is 6.53. The van der Waals surface area contributed by atoms with Crippen molar-refractivity contribution in [2.24, 2.45) is 5.73 Å². The van der Waals surface area contributed by atoms with Crippen molar-refractivity contribution in [2.45, 2.75) is 6.92 Å². The molecule has 6 nitrogen and oxygen atoms in total. The predicted molar refractivity (Wildman–Crippen MR) is 81.2 cm³/mol. The lowest BCUT2D eigenvalue weighted by atomic mass is 9.98. The molecule has 1 amide bonds. The molecule has 0 atom stereocenters. The zero-order valence-corrected chi connectivity index (χ0v) is 11.7. The third-order valence-corrected chi connectivity index (χ3v) is 3.43. The molecule has 0 aliphatic carbocycles. The second-order valence-electron chi connectivity index (χ2n) is 4.95. The molecule has 0 aliphatic rings. The topological polar surface area (TPSA) is 116 Å². The molecular weight excluding hydrogens is 280 g/mol. The van der Waals surface area contributed by atoms with Crippen molar-refractivity contribution in [1.82, 2.24) is 9.97 Å². The summed E-state index contributed by atoms with van der Waals surface area (Å²) in [7, 11) is 0. The van der Waals surface area contributed by atoms with Crippen LogP contribution in [0.4, 0.5) is 0 Å². The number of rotatable bonds is 2. The Morgan fingerprint density at radius 1 is 1.36 bits per heavy atom. The van der Waals surface area contributed by atoms with Crippen molar-refractivity contribution >= 4 is 16.9 Å². The lowest BCUT2D eigenvalue weighted by Gasteiger charge is -2.08. The molecule has 2 aromatic carbocycles. The van der Waals surface area contributed by atoms with Gasteiger partial charge in [-0.1, -0.05) is 6.07 Å². The maximum Gasteiger partial charge on any atom is 0.248 e. The summed E-state index contributed by atoms with van der Waals surface area (Å²) in [6.07, 6.45) is 0. The van der Waals surface area contributed by atoms with Crippen LogP contribution < -0.4 is 5.73 Å². The van der Waals surface area contributed by atoms with Gasteiger partial charge in [-0.25, -0.2) is 4.98 Å². The number of aromatic amines is 1. The zero-order valence-electron chi connectivity index (χ0n) is 11.7. The average Bonchev–Trinajstić information content (AvgIpc) is 2.86. The third-order valence-electron chi connectivity index (χ3n) is 3.43. The fourth-order valence-electron chi connectivity index (χ4n) is 2.38. The van der Waals surface area contributed by atoms with Gasteiger partial charge in [-0.15, -0.1) is 0 Å². The molecule has 0 aliphatic heterocycles. The minimum atomic E-state index is -0.658. The number of imidazole rings is 1. The number of nitrogens with two attached hydrogens (primary N) is 1. The first-order valence-electron chi connectivity index (χ1n) is 6.53. The molecule has 1 aromatic heterocycles. The Labute approximate surface area is 125 Å². The van der Waals surface area contributed by atoms with Gasteiger partial charge in [0.1, 0.15) is 17.6 Å². The van der Waals surface area contributed by atoms with E-state index in [1.807, 2.05) is 19.1 Å². The van der Waals surface area contributed by atoms with E-state index in [-0.39, 0.29) is 16.9 Å². The highest BCUT2D eigenvalue weighted by Crippen LogP contribution is 2.34. The number of nitrogens with zero attached hydrogens (tertiary/aromatic N) is 2. The average molecular weight is 292 g/mol. The van der Waals surface area contributed by atoms with Crippen LogP contribution in [0.15, 0.2) is 30.3 Å². The number of hydrogen-bond acceptors (Lipinski definition) is 4. The maximum absolute atomic E-state index is 11.4. The Morgan fingerprint density at radius 3 is 2.82 bits per heavy atom. The van der Waals surface area contributed by atoms with E-state index in [0.717, 1.165) is 16.9 Å². The normalized spacial score (nSPS) is 10.5. The number of aryl methyl sites for hydroxylation is 1. The Balaban J connectivity index is 2.26. The molecule has 3 aromatic rings. The number of carbonyl (C=O) groups is 1. The molecular formula is C16H12N4O2. The highest BCUT2D eigenvalue weighted by atomic mass is 16.3. The molecule has 0 bridgehead atoms. The highest BCUT2D eigenvalue weighted by Gasteiger charge is 2.15. The van der Waals surface area contributed by atoms with E-state index in [0.29, 0.717) is 11.1 Å². The number of hydrogen-bond donors (Lipinski definition) is 3. The van der Waals surface area contributed by atoms with Crippen molar-refractivity contribution < 1.29 is 9.90 Å². The van der Waals surface area contributed by atoms with E-state index in [1.165, 1.54) is 12.1 Å². The fraction of sp³-hybridized carbons (Fsp3) is 0.0625. The molecule has 0 fully saturated rings. The molecule has 0 unspecified atom stereocenters. The Hall–Kier alpha value is -3.33. The van der Waals surface area contributed by atoms with Crippen LogP contribution in [0.3, 0.4) is 0 Å². The first-order chi connectivity index (χ1) is 10.5. The second kappa shape index (κ2) is 4.90. The summed E-state index contributed by atoms with van der Waals surface area (Å²) < 4.78 is 0. The minimum Gasteiger partial charge on any atom is -0.506 e. The highest BCUT2D eigenvalue weighted by molar-refractivity contribution is 5.96. The van der Waals surface area contributed by atoms with Crippen LogP contribution in [-0.4, -0.2) is 21.0 Å². The molecule has 0 spiro atoms. The Bertz CT molecular complexity index is 951. The summed E-state index contributed by atoms with van der Waals surface area (Å²) in [6, 6.07) is 9.99. The summed E-state index contributed by atoms with van der Waals surface area (Å²) in [6.45, 7) is 1.85. The smallest absolute Gasteiger partial charge is 0.248 e. The van der Waals surface area contributed by atoms with E-state index < -0.39 is 5.91 Å². The van der Waals surface area contributed by atoms with Crippen molar-refractivity contribution in [1.29, 1.82) is 5.26 Å². The first kappa shape index (κ1) is 13.6. The maximum atomic E-state index is 11.4. The van der Waals surface area contributed by atoms with Crippen LogP contribution in [-0.2, 0) is 0 Å². The van der Waals surface area contributed by atoms with E-state index in [2.05, 4.69) is 9.97 Å². The number of amides is 1. The van der Waals surface area contributed by atoms with E-state index >= 15 is 0 Å². The molecule has 3 rings (SSSR count). The standard InChI is InChI=1S/C16H12N4O2/c1-8-19-13-3-2-9(6-14(13)20-8)12-5-10(16(18)22)4-11(7-17)15(12)21/h2-6,21H,1H3,(H2,18,22)(H,19,20). The molecule has 108 valence electrons. The number of phenols is 1. The quantitative estimate of drug-likeness (QED) is 0.671. The van der Waals surface area contributed by atoms with Crippen LogP contribution in [0.2, 0.25) is 0 Å². The van der Waals surface area contributed by atoms with Crippen LogP contribution >= 0.6 is 0 Å². The summed E-state index contributed by atoms with van der Waals surface area (Å²) in [4.78, 5) is 18.8. The van der Waals surface area contributed by atoms with Gasteiger partial charge in [-0.3, -0.25) is 4.79 Å². The molecule has 22 heavy (non-hydrogen) atoms. The Morgan fingerprint density at radius 2 is 2.14 bits per heavy atom. The summed E-state index contributed by atoms with van der Waals surface area (Å²) in [5.74, 6) is -0.0616. The molecule has 6 heteroatoms. The van der Waals surface area contributed by atoms with Gasteiger partial charge in [0.15, 0.2) is 0 Å². The summed E-state index contributed by atoms with van der Waals surface area (Å²) in [5, 5.41) is 19.3. The van der Waals surface area contributed by atoms with Gasteiger partial charge >= 0.3 is 0 Å². The van der Waals surface area contributed by atoms with Gasteiger partial charge in [-0.05, 0) is 36.8 Å². The van der Waals surface area contributed by atoms with E-state index in [1.54, 1.807) is 12.1 Å². The van der Waals surface area contributed by atoms with Crippen molar-refractivity contribution in [3.8, 4) is 22.9 Å². The van der Waals surface area contributed by atoms with Gasteiger partial charge in [0.25, 0.3) is 0 Å². The van der Waals surface area contributed by atoms with Crippen molar-refractivity contribution in [3.63, 3.8) is 0 Å². The summed E-state index contributed by atoms with van der Waals surface area (Å²) in [5.41, 5.74) is 8.08. The van der Waals surface area contributed by atoms with E-state index in [9.17, 15) is 9.90 Å². The lowest BCUT2D eigenvalue weighted by molar-refractivity contribution is 0.100. The van der Waals surface area contributed by atoms with Gasteiger partial charge in [-0.2, -0.15) is 5.26 Å². The van der Waals surface area contributed by atoms with Crippen LogP contribution in [0.25, 0.3) is 22.2 Å².